The number of alkyl halides is 6. The van der Waals surface area contributed by atoms with Gasteiger partial charge in [-0.3, -0.25) is 4.79 Å². The van der Waals surface area contributed by atoms with Gasteiger partial charge in [-0.1, -0.05) is 0 Å². The molecule has 0 spiro atoms. The number of likely N-dealkylation sites (tertiary alicyclic amines) is 1. The molecule has 0 saturated carbocycles. The van der Waals surface area contributed by atoms with E-state index in [2.05, 4.69) is 15.3 Å². The summed E-state index contributed by atoms with van der Waals surface area (Å²) in [4.78, 5) is 21.7. The zero-order valence-electron chi connectivity index (χ0n) is 15.1. The molecule has 11 heteroatoms. The summed E-state index contributed by atoms with van der Waals surface area (Å²) in [6.45, 7) is 2.18. The molecule has 1 unspecified atom stereocenters. The number of rotatable bonds is 4. The maximum atomic E-state index is 12.9. The highest BCUT2D eigenvalue weighted by atomic mass is 19.4. The summed E-state index contributed by atoms with van der Waals surface area (Å²) >= 11 is 0. The average molecular weight is 418 g/mol. The van der Waals surface area contributed by atoms with Crippen molar-refractivity contribution >= 4 is 11.9 Å². The van der Waals surface area contributed by atoms with Gasteiger partial charge in [-0.2, -0.15) is 26.3 Å². The number of nitrogens with one attached hydrogen (secondary N) is 1. The zero-order valence-corrected chi connectivity index (χ0v) is 15.1. The van der Waals surface area contributed by atoms with Gasteiger partial charge in [0.1, 0.15) is 0 Å². The Balaban J connectivity index is 1.73. The van der Waals surface area contributed by atoms with E-state index < -0.39 is 23.5 Å². The van der Waals surface area contributed by atoms with Crippen molar-refractivity contribution in [3.8, 4) is 0 Å². The lowest BCUT2D eigenvalue weighted by atomic mass is 10.0. The van der Waals surface area contributed by atoms with E-state index in [1.54, 1.807) is 4.90 Å². The molecule has 1 amide bonds. The van der Waals surface area contributed by atoms with Crippen LogP contribution in [0.4, 0.5) is 32.3 Å². The number of amides is 1. The monoisotopic (exact) mass is 418 g/mol. The predicted molar refractivity (Wildman–Crippen MR) is 90.9 cm³/mol. The second-order valence-electron chi connectivity index (χ2n) is 6.70. The van der Waals surface area contributed by atoms with Gasteiger partial charge in [0.25, 0.3) is 5.91 Å². The number of carbonyl (C=O) groups excluding carboxylic acids is 1. The van der Waals surface area contributed by atoms with Crippen molar-refractivity contribution in [1.82, 2.24) is 14.9 Å². The molecule has 0 bridgehead atoms. The van der Waals surface area contributed by atoms with Crippen molar-refractivity contribution in [2.45, 2.75) is 38.3 Å². The van der Waals surface area contributed by atoms with Crippen LogP contribution in [0.2, 0.25) is 0 Å². The van der Waals surface area contributed by atoms with Crippen molar-refractivity contribution in [3.05, 3.63) is 52.8 Å². The first-order valence-electron chi connectivity index (χ1n) is 8.60. The molecule has 1 aliphatic heterocycles. The molecule has 1 saturated heterocycles. The van der Waals surface area contributed by atoms with Crippen LogP contribution in [0.15, 0.2) is 30.6 Å². The van der Waals surface area contributed by atoms with Gasteiger partial charge < -0.3 is 10.2 Å². The molecule has 2 heterocycles. The SMILES string of the molecule is CC1CCN1C(=O)c1cnc(NCc2cc(C(F)(F)F)cc(C(F)(F)F)c2)nc1. The molecule has 0 aliphatic carbocycles. The average Bonchev–Trinajstić information content (AvgIpc) is 2.64. The zero-order chi connectivity index (χ0) is 21.4. The Kier molecular flexibility index (Phi) is 5.42. The van der Waals surface area contributed by atoms with E-state index in [-0.39, 0.29) is 41.6 Å². The minimum absolute atomic E-state index is 0.0239. The van der Waals surface area contributed by atoms with Crippen molar-refractivity contribution in [2.24, 2.45) is 0 Å². The van der Waals surface area contributed by atoms with Crippen LogP contribution in [0.1, 0.15) is 40.4 Å². The topological polar surface area (TPSA) is 58.1 Å². The standard InChI is InChI=1S/C18H16F6N4O/c1-10-2-3-28(10)15(29)12-8-26-16(27-9-12)25-7-11-4-13(17(19,20)21)6-14(5-11)18(22,23)24/h4-6,8-10H,2-3,7H2,1H3,(H,25,26,27). The number of benzene rings is 1. The molecule has 29 heavy (non-hydrogen) atoms. The number of hydrogen-bond acceptors (Lipinski definition) is 4. The lowest BCUT2D eigenvalue weighted by Crippen LogP contribution is -2.49. The van der Waals surface area contributed by atoms with Gasteiger partial charge in [-0.15, -0.1) is 0 Å². The summed E-state index contributed by atoms with van der Waals surface area (Å²) < 4.78 is 77.4. The minimum Gasteiger partial charge on any atom is -0.350 e. The van der Waals surface area contributed by atoms with E-state index in [1.165, 1.54) is 12.4 Å². The van der Waals surface area contributed by atoms with Crippen molar-refractivity contribution in [1.29, 1.82) is 0 Å². The molecule has 3 rings (SSSR count). The number of nitrogens with zero attached hydrogens (tertiary/aromatic N) is 3. The van der Waals surface area contributed by atoms with Crippen LogP contribution in [0.25, 0.3) is 0 Å². The first-order chi connectivity index (χ1) is 13.4. The quantitative estimate of drug-likeness (QED) is 0.750. The van der Waals surface area contributed by atoms with Gasteiger partial charge in [-0.25, -0.2) is 9.97 Å². The van der Waals surface area contributed by atoms with Gasteiger partial charge in [0.05, 0.1) is 16.7 Å². The molecule has 1 N–H and O–H groups in total. The lowest BCUT2D eigenvalue weighted by Gasteiger charge is -2.38. The van der Waals surface area contributed by atoms with Crippen LogP contribution in [-0.4, -0.2) is 33.4 Å². The summed E-state index contributed by atoms with van der Waals surface area (Å²) in [5, 5.41) is 2.57. The smallest absolute Gasteiger partial charge is 0.350 e. The van der Waals surface area contributed by atoms with Crippen LogP contribution < -0.4 is 5.32 Å². The van der Waals surface area contributed by atoms with Crippen LogP contribution in [0, 0.1) is 0 Å². The molecular formula is C18H16F6N4O. The van der Waals surface area contributed by atoms with Gasteiger partial charge >= 0.3 is 12.4 Å². The molecule has 5 nitrogen and oxygen atoms in total. The second kappa shape index (κ2) is 7.53. The summed E-state index contributed by atoms with van der Waals surface area (Å²) in [6.07, 6.45) is -6.40. The Morgan fingerprint density at radius 2 is 1.62 bits per heavy atom. The van der Waals surface area contributed by atoms with Gasteiger partial charge in [-0.05, 0) is 37.1 Å². The summed E-state index contributed by atoms with van der Waals surface area (Å²) in [7, 11) is 0. The van der Waals surface area contributed by atoms with E-state index in [9.17, 15) is 31.1 Å². The van der Waals surface area contributed by atoms with Gasteiger partial charge in [0.15, 0.2) is 0 Å². The molecule has 1 aromatic heterocycles. The predicted octanol–water partition coefficient (Wildman–Crippen LogP) is 4.36. The lowest BCUT2D eigenvalue weighted by molar-refractivity contribution is -0.143. The summed E-state index contributed by atoms with van der Waals surface area (Å²) in [6, 6.07) is 1.46. The van der Waals surface area contributed by atoms with Crippen molar-refractivity contribution in [2.75, 3.05) is 11.9 Å². The van der Waals surface area contributed by atoms with Crippen LogP contribution in [0.5, 0.6) is 0 Å². The van der Waals surface area contributed by atoms with E-state index in [0.29, 0.717) is 18.7 Å². The fourth-order valence-corrected chi connectivity index (χ4v) is 2.82. The second-order valence-corrected chi connectivity index (χ2v) is 6.70. The highest BCUT2D eigenvalue weighted by molar-refractivity contribution is 5.94. The molecule has 0 radical (unpaired) electrons. The Hall–Kier alpha value is -2.85. The molecule has 1 fully saturated rings. The molecule has 1 aromatic carbocycles. The normalized spacial score (nSPS) is 17.1. The van der Waals surface area contributed by atoms with Crippen LogP contribution in [0.3, 0.4) is 0 Å². The van der Waals surface area contributed by atoms with Crippen LogP contribution >= 0.6 is 0 Å². The first kappa shape index (κ1) is 20.9. The number of halogens is 6. The molecule has 156 valence electrons. The van der Waals surface area contributed by atoms with Crippen molar-refractivity contribution in [3.63, 3.8) is 0 Å². The Labute approximate surface area is 161 Å². The van der Waals surface area contributed by atoms with E-state index >= 15 is 0 Å². The first-order valence-corrected chi connectivity index (χ1v) is 8.60. The number of hydrogen-bond donors (Lipinski definition) is 1. The fourth-order valence-electron chi connectivity index (χ4n) is 2.82. The third-order valence-electron chi connectivity index (χ3n) is 4.58. The van der Waals surface area contributed by atoms with Crippen molar-refractivity contribution < 1.29 is 31.1 Å². The van der Waals surface area contributed by atoms with Gasteiger partial charge in [0.2, 0.25) is 5.95 Å². The highest BCUT2D eigenvalue weighted by Gasteiger charge is 2.36. The maximum absolute atomic E-state index is 12.9. The Morgan fingerprint density at radius 1 is 1.07 bits per heavy atom. The van der Waals surface area contributed by atoms with E-state index in [0.717, 1.165) is 6.42 Å². The molecular weight excluding hydrogens is 402 g/mol. The minimum atomic E-state index is -4.91. The molecule has 2 aromatic rings. The summed E-state index contributed by atoms with van der Waals surface area (Å²) in [5.41, 5.74) is -2.77. The van der Waals surface area contributed by atoms with Crippen LogP contribution in [-0.2, 0) is 18.9 Å². The largest absolute Gasteiger partial charge is 0.416 e. The third-order valence-corrected chi connectivity index (χ3v) is 4.58. The molecule has 1 atom stereocenters. The molecule has 1 aliphatic rings. The number of carbonyl (C=O) groups is 1. The Morgan fingerprint density at radius 3 is 2.03 bits per heavy atom. The van der Waals surface area contributed by atoms with E-state index in [4.69, 9.17) is 0 Å². The number of aromatic nitrogens is 2. The van der Waals surface area contributed by atoms with E-state index in [1.807, 2.05) is 6.92 Å². The maximum Gasteiger partial charge on any atom is 0.416 e. The highest BCUT2D eigenvalue weighted by Crippen LogP contribution is 2.36. The third kappa shape index (κ3) is 4.77. The fraction of sp³-hybridized carbons (Fsp3) is 0.389. The Bertz CT molecular complexity index is 862. The summed E-state index contributed by atoms with van der Waals surface area (Å²) in [5.74, 6) is -0.257. The number of anilines is 1. The van der Waals surface area contributed by atoms with Gasteiger partial charge in [0, 0.05) is 31.5 Å².